The van der Waals surface area contributed by atoms with Gasteiger partial charge in [-0.05, 0) is 24.4 Å². The quantitative estimate of drug-likeness (QED) is 0.689. The summed E-state index contributed by atoms with van der Waals surface area (Å²) in [5, 5.41) is 9.52. The van der Waals surface area contributed by atoms with Crippen molar-refractivity contribution in [2.24, 2.45) is 0 Å². The van der Waals surface area contributed by atoms with E-state index in [4.69, 9.17) is 0 Å². The van der Waals surface area contributed by atoms with Crippen LogP contribution in [0.2, 0.25) is 0 Å². The molecule has 0 aliphatic heterocycles. The van der Waals surface area contributed by atoms with Crippen LogP contribution in [0.5, 0.6) is 0 Å². The van der Waals surface area contributed by atoms with E-state index in [0.717, 1.165) is 23.3 Å². The monoisotopic (exact) mass is 241 g/mol. The fourth-order valence-electron chi connectivity index (χ4n) is 2.15. The molecule has 0 aliphatic carbocycles. The SMILES string of the molecule is CCn1cnnc1-c1ccc(F)c2ccccc12. The molecule has 3 aromatic rings. The van der Waals surface area contributed by atoms with E-state index >= 15 is 0 Å². The Morgan fingerprint density at radius 3 is 2.67 bits per heavy atom. The molecule has 0 saturated heterocycles. The van der Waals surface area contributed by atoms with Crippen LogP contribution in [-0.2, 0) is 6.54 Å². The molecule has 0 unspecified atom stereocenters. The third-order valence-electron chi connectivity index (χ3n) is 3.07. The first-order valence-corrected chi connectivity index (χ1v) is 5.86. The highest BCUT2D eigenvalue weighted by atomic mass is 19.1. The van der Waals surface area contributed by atoms with Crippen LogP contribution in [0.4, 0.5) is 4.39 Å². The number of halogens is 1. The Kier molecular flexibility index (Phi) is 2.55. The summed E-state index contributed by atoms with van der Waals surface area (Å²) in [6, 6.07) is 10.7. The molecule has 0 fully saturated rings. The number of hydrogen-bond acceptors (Lipinski definition) is 2. The highest BCUT2D eigenvalue weighted by Crippen LogP contribution is 2.28. The molecule has 18 heavy (non-hydrogen) atoms. The lowest BCUT2D eigenvalue weighted by atomic mass is 10.0. The van der Waals surface area contributed by atoms with Gasteiger partial charge in [-0.15, -0.1) is 10.2 Å². The number of rotatable bonds is 2. The molecule has 3 rings (SSSR count). The fourth-order valence-corrected chi connectivity index (χ4v) is 2.15. The van der Waals surface area contributed by atoms with Gasteiger partial charge in [-0.2, -0.15) is 0 Å². The van der Waals surface area contributed by atoms with Gasteiger partial charge in [0.2, 0.25) is 0 Å². The van der Waals surface area contributed by atoms with Crippen molar-refractivity contribution >= 4 is 10.8 Å². The van der Waals surface area contributed by atoms with Crippen molar-refractivity contribution in [2.75, 3.05) is 0 Å². The van der Waals surface area contributed by atoms with E-state index in [2.05, 4.69) is 10.2 Å². The van der Waals surface area contributed by atoms with Crippen molar-refractivity contribution in [3.8, 4) is 11.4 Å². The molecule has 0 spiro atoms. The van der Waals surface area contributed by atoms with E-state index in [-0.39, 0.29) is 5.82 Å². The Balaban J connectivity index is 2.34. The number of aromatic nitrogens is 3. The van der Waals surface area contributed by atoms with Gasteiger partial charge in [-0.3, -0.25) is 0 Å². The Morgan fingerprint density at radius 2 is 1.89 bits per heavy atom. The molecule has 0 atom stereocenters. The van der Waals surface area contributed by atoms with Crippen LogP contribution in [0.3, 0.4) is 0 Å². The third kappa shape index (κ3) is 1.57. The molecule has 1 heterocycles. The first kappa shape index (κ1) is 10.9. The third-order valence-corrected chi connectivity index (χ3v) is 3.07. The minimum Gasteiger partial charge on any atom is -0.314 e. The predicted molar refractivity (Wildman–Crippen MR) is 68.6 cm³/mol. The van der Waals surface area contributed by atoms with E-state index in [1.54, 1.807) is 18.5 Å². The highest BCUT2D eigenvalue weighted by molar-refractivity contribution is 5.95. The molecule has 90 valence electrons. The van der Waals surface area contributed by atoms with E-state index < -0.39 is 0 Å². The second-order valence-electron chi connectivity index (χ2n) is 4.08. The van der Waals surface area contributed by atoms with Crippen LogP contribution < -0.4 is 0 Å². The minimum absolute atomic E-state index is 0.211. The zero-order valence-corrected chi connectivity index (χ0v) is 9.97. The fraction of sp³-hybridized carbons (Fsp3) is 0.143. The number of hydrogen-bond donors (Lipinski definition) is 0. The average molecular weight is 241 g/mol. The molecule has 2 aromatic carbocycles. The molecular weight excluding hydrogens is 229 g/mol. The van der Waals surface area contributed by atoms with Gasteiger partial charge in [0.05, 0.1) is 0 Å². The lowest BCUT2D eigenvalue weighted by molar-refractivity contribution is 0.640. The number of nitrogens with zero attached hydrogens (tertiary/aromatic N) is 3. The zero-order valence-electron chi connectivity index (χ0n) is 9.97. The molecule has 3 nitrogen and oxygen atoms in total. The summed E-state index contributed by atoms with van der Waals surface area (Å²) < 4.78 is 15.7. The van der Waals surface area contributed by atoms with Crippen molar-refractivity contribution in [1.82, 2.24) is 14.8 Å². The second kappa shape index (κ2) is 4.22. The van der Waals surface area contributed by atoms with E-state index in [1.807, 2.05) is 29.7 Å². The van der Waals surface area contributed by atoms with Gasteiger partial charge < -0.3 is 4.57 Å². The van der Waals surface area contributed by atoms with Crippen molar-refractivity contribution in [3.63, 3.8) is 0 Å². The molecule has 0 radical (unpaired) electrons. The van der Waals surface area contributed by atoms with Gasteiger partial charge in [0, 0.05) is 17.5 Å². The highest BCUT2D eigenvalue weighted by Gasteiger charge is 2.11. The van der Waals surface area contributed by atoms with Gasteiger partial charge in [-0.25, -0.2) is 4.39 Å². The minimum atomic E-state index is -0.211. The van der Waals surface area contributed by atoms with Crippen LogP contribution in [0.25, 0.3) is 22.2 Å². The lowest BCUT2D eigenvalue weighted by Crippen LogP contribution is -1.97. The van der Waals surface area contributed by atoms with E-state index in [9.17, 15) is 4.39 Å². The molecule has 0 bridgehead atoms. The molecular formula is C14H12FN3. The molecule has 0 N–H and O–H groups in total. The Hall–Kier alpha value is -2.23. The first-order chi connectivity index (χ1) is 8.81. The Morgan fingerprint density at radius 1 is 1.11 bits per heavy atom. The van der Waals surface area contributed by atoms with E-state index in [0.29, 0.717) is 5.39 Å². The van der Waals surface area contributed by atoms with E-state index in [1.165, 1.54) is 6.07 Å². The topological polar surface area (TPSA) is 30.7 Å². The Bertz CT molecular complexity index is 703. The maximum Gasteiger partial charge on any atom is 0.164 e. The van der Waals surface area contributed by atoms with Crippen LogP contribution in [0.15, 0.2) is 42.7 Å². The van der Waals surface area contributed by atoms with Crippen molar-refractivity contribution in [1.29, 1.82) is 0 Å². The molecule has 0 saturated carbocycles. The molecule has 0 amide bonds. The van der Waals surface area contributed by atoms with Crippen LogP contribution >= 0.6 is 0 Å². The van der Waals surface area contributed by atoms with Crippen molar-refractivity contribution in [3.05, 3.63) is 48.5 Å². The number of benzene rings is 2. The molecule has 4 heteroatoms. The summed E-state index contributed by atoms with van der Waals surface area (Å²) in [5.41, 5.74) is 0.909. The van der Waals surface area contributed by atoms with Crippen LogP contribution in [-0.4, -0.2) is 14.8 Å². The zero-order chi connectivity index (χ0) is 12.5. The average Bonchev–Trinajstić information content (AvgIpc) is 2.88. The van der Waals surface area contributed by atoms with Gasteiger partial charge in [0.25, 0.3) is 0 Å². The summed E-state index contributed by atoms with van der Waals surface area (Å²) in [7, 11) is 0. The maximum absolute atomic E-state index is 13.7. The Labute approximate surface area is 104 Å². The van der Waals surface area contributed by atoms with Gasteiger partial charge in [0.15, 0.2) is 5.82 Å². The standard InChI is InChI=1S/C14H12FN3/c1-2-18-9-16-17-14(18)12-7-8-13(15)11-6-4-3-5-10(11)12/h3-9H,2H2,1H3. The summed E-state index contributed by atoms with van der Waals surface area (Å²) in [5.74, 6) is 0.561. The number of aryl methyl sites for hydroxylation is 1. The molecule has 0 aliphatic rings. The van der Waals surface area contributed by atoms with Gasteiger partial charge in [-0.1, -0.05) is 24.3 Å². The van der Waals surface area contributed by atoms with Crippen LogP contribution in [0.1, 0.15) is 6.92 Å². The van der Waals surface area contributed by atoms with Crippen molar-refractivity contribution in [2.45, 2.75) is 13.5 Å². The number of fused-ring (bicyclic) bond motifs is 1. The van der Waals surface area contributed by atoms with Gasteiger partial charge >= 0.3 is 0 Å². The molecule has 1 aromatic heterocycles. The normalized spacial score (nSPS) is 11.0. The summed E-state index contributed by atoms with van der Waals surface area (Å²) >= 11 is 0. The summed E-state index contributed by atoms with van der Waals surface area (Å²) in [6.07, 6.45) is 1.69. The summed E-state index contributed by atoms with van der Waals surface area (Å²) in [4.78, 5) is 0. The largest absolute Gasteiger partial charge is 0.314 e. The predicted octanol–water partition coefficient (Wildman–Crippen LogP) is 3.26. The van der Waals surface area contributed by atoms with Gasteiger partial charge in [0.1, 0.15) is 12.1 Å². The lowest BCUT2D eigenvalue weighted by Gasteiger charge is -2.07. The summed E-state index contributed by atoms with van der Waals surface area (Å²) in [6.45, 7) is 2.81. The maximum atomic E-state index is 13.7. The van der Waals surface area contributed by atoms with Crippen LogP contribution in [0, 0.1) is 5.82 Å². The smallest absolute Gasteiger partial charge is 0.164 e. The first-order valence-electron chi connectivity index (χ1n) is 5.86. The second-order valence-corrected chi connectivity index (χ2v) is 4.08. The van der Waals surface area contributed by atoms with Crippen molar-refractivity contribution < 1.29 is 4.39 Å².